The maximum Gasteiger partial charge on any atom is 0.124 e. The fourth-order valence-electron chi connectivity index (χ4n) is 2.10. The van der Waals surface area contributed by atoms with Crippen molar-refractivity contribution in [3.05, 3.63) is 64.5 Å². The quantitative estimate of drug-likeness (QED) is 0.933. The van der Waals surface area contributed by atoms with Crippen LogP contribution < -0.4 is 10.5 Å². The summed E-state index contributed by atoms with van der Waals surface area (Å²) in [4.78, 5) is 0. The number of hydrogen-bond donors (Lipinski definition) is 1. The van der Waals surface area contributed by atoms with Crippen molar-refractivity contribution in [2.24, 2.45) is 5.73 Å². The molecule has 2 aromatic rings. The zero-order valence-electron chi connectivity index (χ0n) is 12.1. The predicted molar refractivity (Wildman–Crippen MR) is 79.2 cm³/mol. The summed E-state index contributed by atoms with van der Waals surface area (Å²) >= 11 is 0. The van der Waals surface area contributed by atoms with Gasteiger partial charge in [0, 0.05) is 17.2 Å². The molecule has 0 spiro atoms. The Kier molecular flexibility index (Phi) is 4.56. The number of nitrogens with zero attached hydrogens (tertiary/aromatic N) is 1. The van der Waals surface area contributed by atoms with Crippen molar-refractivity contribution in [3.63, 3.8) is 0 Å². The van der Waals surface area contributed by atoms with Crippen LogP contribution in [-0.4, -0.2) is 0 Å². The number of nitrogens with two attached hydrogens (primary N) is 1. The number of halogens is 1. The molecule has 0 fully saturated rings. The minimum absolute atomic E-state index is 0.128. The lowest BCUT2D eigenvalue weighted by Gasteiger charge is -2.15. The highest BCUT2D eigenvalue weighted by molar-refractivity contribution is 5.40. The lowest BCUT2D eigenvalue weighted by atomic mass is 10.0. The van der Waals surface area contributed by atoms with E-state index in [0.29, 0.717) is 16.9 Å². The standard InChI is InChI=1S/C17H17FN2O/c1-11-3-6-17(16(7-11)12(2)20)21-10-14-8-15(18)5-4-13(14)9-19/h3-8,12H,10,20H2,1-2H3. The van der Waals surface area contributed by atoms with Gasteiger partial charge in [-0.05, 0) is 38.1 Å². The molecule has 2 aromatic carbocycles. The molecule has 1 atom stereocenters. The molecule has 0 aliphatic rings. The second-order valence-electron chi connectivity index (χ2n) is 5.03. The van der Waals surface area contributed by atoms with Crippen LogP contribution in [0.15, 0.2) is 36.4 Å². The lowest BCUT2D eigenvalue weighted by Crippen LogP contribution is -2.09. The molecule has 0 saturated carbocycles. The maximum absolute atomic E-state index is 13.3. The zero-order chi connectivity index (χ0) is 15.4. The first-order valence-corrected chi connectivity index (χ1v) is 6.68. The van der Waals surface area contributed by atoms with Crippen LogP contribution in [0.4, 0.5) is 4.39 Å². The van der Waals surface area contributed by atoms with Gasteiger partial charge in [-0.2, -0.15) is 5.26 Å². The average molecular weight is 284 g/mol. The number of aryl methyl sites for hydroxylation is 1. The SMILES string of the molecule is Cc1ccc(OCc2cc(F)ccc2C#N)c(C(C)N)c1. The van der Waals surface area contributed by atoms with Crippen LogP contribution in [0.3, 0.4) is 0 Å². The summed E-state index contributed by atoms with van der Waals surface area (Å²) in [6.45, 7) is 3.99. The van der Waals surface area contributed by atoms with Gasteiger partial charge in [0.2, 0.25) is 0 Å². The number of hydrogen-bond acceptors (Lipinski definition) is 3. The van der Waals surface area contributed by atoms with E-state index in [1.807, 2.05) is 38.1 Å². The molecule has 4 heteroatoms. The van der Waals surface area contributed by atoms with E-state index in [2.05, 4.69) is 0 Å². The van der Waals surface area contributed by atoms with Gasteiger partial charge in [0.05, 0.1) is 11.6 Å². The maximum atomic E-state index is 13.3. The molecule has 108 valence electrons. The Morgan fingerprint density at radius 3 is 2.71 bits per heavy atom. The van der Waals surface area contributed by atoms with Crippen molar-refractivity contribution in [3.8, 4) is 11.8 Å². The molecule has 0 heterocycles. The molecule has 2 rings (SSSR count). The van der Waals surface area contributed by atoms with E-state index in [1.165, 1.54) is 18.2 Å². The molecule has 0 bridgehead atoms. The second kappa shape index (κ2) is 6.38. The highest BCUT2D eigenvalue weighted by atomic mass is 19.1. The first-order valence-electron chi connectivity index (χ1n) is 6.68. The number of nitriles is 1. The predicted octanol–water partition coefficient (Wildman–Crippen LogP) is 3.60. The Labute approximate surface area is 123 Å². The molecule has 0 aliphatic carbocycles. The van der Waals surface area contributed by atoms with Crippen LogP contribution in [0.25, 0.3) is 0 Å². The third kappa shape index (κ3) is 3.59. The third-order valence-corrected chi connectivity index (χ3v) is 3.23. The Bertz CT molecular complexity index is 690. The van der Waals surface area contributed by atoms with Gasteiger partial charge in [-0.1, -0.05) is 17.7 Å². The van der Waals surface area contributed by atoms with E-state index in [1.54, 1.807) is 0 Å². The largest absolute Gasteiger partial charge is 0.489 e. The minimum atomic E-state index is -0.385. The molecule has 0 aliphatic heterocycles. The van der Waals surface area contributed by atoms with Crippen LogP contribution in [-0.2, 0) is 6.61 Å². The van der Waals surface area contributed by atoms with Gasteiger partial charge in [0.25, 0.3) is 0 Å². The Hall–Kier alpha value is -2.38. The Balaban J connectivity index is 2.25. The first-order chi connectivity index (χ1) is 10.0. The monoisotopic (exact) mass is 284 g/mol. The van der Waals surface area contributed by atoms with Crippen molar-refractivity contribution in [1.29, 1.82) is 5.26 Å². The number of rotatable bonds is 4. The van der Waals surface area contributed by atoms with Gasteiger partial charge in [0.15, 0.2) is 0 Å². The van der Waals surface area contributed by atoms with Crippen LogP contribution in [0.1, 0.15) is 35.2 Å². The molecule has 2 N–H and O–H groups in total. The fraction of sp³-hybridized carbons (Fsp3) is 0.235. The molecule has 0 amide bonds. The van der Waals surface area contributed by atoms with Crippen molar-refractivity contribution < 1.29 is 9.13 Å². The van der Waals surface area contributed by atoms with E-state index in [0.717, 1.165) is 11.1 Å². The summed E-state index contributed by atoms with van der Waals surface area (Å²) in [6.07, 6.45) is 0. The first kappa shape index (κ1) is 15.0. The summed E-state index contributed by atoms with van der Waals surface area (Å²) in [5, 5.41) is 9.04. The van der Waals surface area contributed by atoms with Gasteiger partial charge in [-0.3, -0.25) is 0 Å². The molecule has 3 nitrogen and oxygen atoms in total. The van der Waals surface area contributed by atoms with E-state index in [-0.39, 0.29) is 18.5 Å². The highest BCUT2D eigenvalue weighted by Gasteiger charge is 2.10. The summed E-state index contributed by atoms with van der Waals surface area (Å²) in [5.74, 6) is 0.271. The molecule has 21 heavy (non-hydrogen) atoms. The van der Waals surface area contributed by atoms with Crippen molar-refractivity contribution >= 4 is 0 Å². The zero-order valence-corrected chi connectivity index (χ0v) is 12.1. The van der Waals surface area contributed by atoms with Crippen LogP contribution in [0.2, 0.25) is 0 Å². The molecule has 0 aromatic heterocycles. The topological polar surface area (TPSA) is 59.0 Å². The average Bonchev–Trinajstić information content (AvgIpc) is 2.46. The molecule has 1 unspecified atom stereocenters. The van der Waals surface area contributed by atoms with Gasteiger partial charge in [0.1, 0.15) is 18.2 Å². The Morgan fingerprint density at radius 1 is 1.29 bits per heavy atom. The number of ether oxygens (including phenoxy) is 1. The summed E-state index contributed by atoms with van der Waals surface area (Å²) in [6, 6.07) is 11.7. The fourth-order valence-corrected chi connectivity index (χ4v) is 2.10. The number of benzene rings is 2. The van der Waals surface area contributed by atoms with E-state index in [4.69, 9.17) is 15.7 Å². The van der Waals surface area contributed by atoms with Crippen molar-refractivity contribution in [2.75, 3.05) is 0 Å². The Morgan fingerprint density at radius 2 is 2.05 bits per heavy atom. The van der Waals surface area contributed by atoms with E-state index < -0.39 is 0 Å². The molecule has 0 radical (unpaired) electrons. The third-order valence-electron chi connectivity index (χ3n) is 3.23. The van der Waals surface area contributed by atoms with E-state index in [9.17, 15) is 4.39 Å². The van der Waals surface area contributed by atoms with Crippen molar-refractivity contribution in [2.45, 2.75) is 26.5 Å². The highest BCUT2D eigenvalue weighted by Crippen LogP contribution is 2.26. The minimum Gasteiger partial charge on any atom is -0.489 e. The van der Waals surface area contributed by atoms with Gasteiger partial charge < -0.3 is 10.5 Å². The van der Waals surface area contributed by atoms with Gasteiger partial charge >= 0.3 is 0 Å². The van der Waals surface area contributed by atoms with Gasteiger partial charge in [-0.25, -0.2) is 4.39 Å². The smallest absolute Gasteiger partial charge is 0.124 e. The van der Waals surface area contributed by atoms with Crippen LogP contribution in [0, 0.1) is 24.1 Å². The second-order valence-corrected chi connectivity index (χ2v) is 5.03. The van der Waals surface area contributed by atoms with E-state index >= 15 is 0 Å². The summed E-state index contributed by atoms with van der Waals surface area (Å²) < 4.78 is 19.0. The van der Waals surface area contributed by atoms with Crippen LogP contribution in [0.5, 0.6) is 5.75 Å². The summed E-state index contributed by atoms with van der Waals surface area (Å²) in [5.41, 5.74) is 8.86. The van der Waals surface area contributed by atoms with Crippen LogP contribution >= 0.6 is 0 Å². The normalized spacial score (nSPS) is 11.8. The van der Waals surface area contributed by atoms with Gasteiger partial charge in [-0.15, -0.1) is 0 Å². The molecular weight excluding hydrogens is 267 g/mol. The molecular formula is C17H17FN2O. The summed E-state index contributed by atoms with van der Waals surface area (Å²) in [7, 11) is 0. The van der Waals surface area contributed by atoms with Crippen molar-refractivity contribution in [1.82, 2.24) is 0 Å². The lowest BCUT2D eigenvalue weighted by molar-refractivity contribution is 0.300. The molecule has 0 saturated heterocycles.